The van der Waals surface area contributed by atoms with E-state index in [9.17, 15) is 37.1 Å². The maximum absolute atomic E-state index is 16.1. The molecule has 11 nitrogen and oxygen atoms in total. The standard InChI is InChI=1S/C39H37F5N4O7/c1-5-45-36(52)38(37(53)46-6-2,24-12-8-7-9-13-24)22-54-21-30(49)55-33-28(40)20-29(31(32(33)41)35(51)48(3)4)47-34(50)27-15-11-10-14-26(27)23-16-18-25(19-17-23)39(42,43)44/h7-20H,5-6,21-22H2,1-4H3,(H,45,52)(H,46,53)(H,47,50). The maximum atomic E-state index is 16.1. The highest BCUT2D eigenvalue weighted by Crippen LogP contribution is 2.35. The van der Waals surface area contributed by atoms with Crippen LogP contribution >= 0.6 is 0 Å². The van der Waals surface area contributed by atoms with Gasteiger partial charge in [0.1, 0.15) is 12.2 Å². The molecule has 16 heteroatoms. The second-order valence-corrected chi connectivity index (χ2v) is 12.2. The number of benzene rings is 4. The fourth-order valence-electron chi connectivity index (χ4n) is 5.54. The van der Waals surface area contributed by atoms with Gasteiger partial charge in [0.25, 0.3) is 11.8 Å². The van der Waals surface area contributed by atoms with Crippen LogP contribution in [0.5, 0.6) is 5.75 Å². The lowest BCUT2D eigenvalue weighted by atomic mass is 9.79. The molecule has 0 fully saturated rings. The number of rotatable bonds is 14. The van der Waals surface area contributed by atoms with Gasteiger partial charge in [-0.15, -0.1) is 0 Å². The Kier molecular flexibility index (Phi) is 13.4. The Balaban J connectivity index is 1.62. The molecule has 0 saturated carbocycles. The predicted octanol–water partition coefficient (Wildman–Crippen LogP) is 5.74. The van der Waals surface area contributed by atoms with Crippen LogP contribution in [-0.2, 0) is 30.7 Å². The van der Waals surface area contributed by atoms with Crippen LogP contribution < -0.4 is 20.7 Å². The fraction of sp³-hybridized carbons (Fsp3) is 0.256. The molecule has 0 spiro atoms. The summed E-state index contributed by atoms with van der Waals surface area (Å²) in [6.07, 6.45) is -4.60. The third kappa shape index (κ3) is 9.32. The number of anilines is 1. The van der Waals surface area contributed by atoms with Crippen molar-refractivity contribution in [3.63, 3.8) is 0 Å². The van der Waals surface area contributed by atoms with E-state index in [1.165, 1.54) is 50.5 Å². The molecule has 0 radical (unpaired) electrons. The van der Waals surface area contributed by atoms with Crippen molar-refractivity contribution in [1.29, 1.82) is 0 Å². The van der Waals surface area contributed by atoms with Crippen molar-refractivity contribution in [2.24, 2.45) is 0 Å². The van der Waals surface area contributed by atoms with E-state index in [1.54, 1.807) is 32.0 Å². The number of nitrogens with zero attached hydrogens (tertiary/aromatic N) is 1. The Hall–Kier alpha value is -6.16. The third-order valence-electron chi connectivity index (χ3n) is 8.21. The van der Waals surface area contributed by atoms with Crippen LogP contribution in [0.3, 0.4) is 0 Å². The van der Waals surface area contributed by atoms with Crippen LogP contribution in [0.25, 0.3) is 11.1 Å². The van der Waals surface area contributed by atoms with Gasteiger partial charge in [-0.25, -0.2) is 13.6 Å². The summed E-state index contributed by atoms with van der Waals surface area (Å²) in [6, 6.07) is 18.2. The minimum absolute atomic E-state index is 0.106. The Bertz CT molecular complexity index is 2040. The second kappa shape index (κ2) is 17.8. The lowest BCUT2D eigenvalue weighted by Crippen LogP contribution is -2.57. The molecule has 4 aromatic carbocycles. The quantitative estimate of drug-likeness (QED) is 0.0643. The number of nitrogens with one attached hydrogen (secondary N) is 3. The smallest absolute Gasteiger partial charge is 0.416 e. The first-order chi connectivity index (χ1) is 26.1. The molecule has 0 aliphatic rings. The van der Waals surface area contributed by atoms with Crippen molar-refractivity contribution in [2.75, 3.05) is 45.7 Å². The molecule has 290 valence electrons. The van der Waals surface area contributed by atoms with Gasteiger partial charge >= 0.3 is 12.1 Å². The van der Waals surface area contributed by atoms with E-state index in [4.69, 9.17) is 9.47 Å². The van der Waals surface area contributed by atoms with Gasteiger partial charge in [0.2, 0.25) is 17.6 Å². The SMILES string of the molecule is CCNC(=O)C(COCC(=O)Oc1c(F)cc(NC(=O)c2ccccc2-c2ccc(C(F)(F)F)cc2)c(C(=O)N(C)C)c1F)(C(=O)NCC)c1ccccc1. The first-order valence-corrected chi connectivity index (χ1v) is 16.8. The average molecular weight is 769 g/mol. The van der Waals surface area contributed by atoms with Crippen molar-refractivity contribution in [1.82, 2.24) is 15.5 Å². The molecule has 0 unspecified atom stereocenters. The highest BCUT2D eigenvalue weighted by Gasteiger charge is 2.48. The molecule has 0 saturated heterocycles. The Labute approximate surface area is 312 Å². The van der Waals surface area contributed by atoms with Crippen molar-refractivity contribution < 1.29 is 55.4 Å². The first kappa shape index (κ1) is 41.6. The monoisotopic (exact) mass is 768 g/mol. The lowest BCUT2D eigenvalue weighted by Gasteiger charge is -2.31. The number of likely N-dealkylation sites (N-methyl/N-ethyl adjacent to an activating group) is 2. The minimum atomic E-state index is -4.60. The van der Waals surface area contributed by atoms with Crippen molar-refractivity contribution in [3.8, 4) is 16.9 Å². The van der Waals surface area contributed by atoms with E-state index < -0.39 is 88.6 Å². The van der Waals surface area contributed by atoms with Crippen LogP contribution in [-0.4, -0.2) is 74.9 Å². The number of carbonyl (C=O) groups excluding carboxylic acids is 5. The van der Waals surface area contributed by atoms with Crippen LogP contribution in [0.15, 0.2) is 84.9 Å². The van der Waals surface area contributed by atoms with Gasteiger partial charge in [-0.05, 0) is 48.7 Å². The van der Waals surface area contributed by atoms with Gasteiger partial charge in [0.05, 0.1) is 17.9 Å². The van der Waals surface area contributed by atoms with E-state index in [1.807, 2.05) is 0 Å². The molecule has 0 bridgehead atoms. The summed E-state index contributed by atoms with van der Waals surface area (Å²) in [5, 5.41) is 7.48. The van der Waals surface area contributed by atoms with Gasteiger partial charge in [-0.2, -0.15) is 13.2 Å². The molecule has 0 aliphatic carbocycles. The number of halogens is 5. The van der Waals surface area contributed by atoms with E-state index >= 15 is 8.78 Å². The molecule has 0 atom stereocenters. The topological polar surface area (TPSA) is 143 Å². The Morgan fingerprint density at radius 2 is 1.35 bits per heavy atom. The zero-order chi connectivity index (χ0) is 40.5. The lowest BCUT2D eigenvalue weighted by molar-refractivity contribution is -0.147. The number of hydrogen-bond donors (Lipinski definition) is 3. The molecule has 0 aromatic heterocycles. The van der Waals surface area contributed by atoms with Gasteiger partial charge in [0.15, 0.2) is 17.0 Å². The molecule has 3 N–H and O–H groups in total. The van der Waals surface area contributed by atoms with Crippen molar-refractivity contribution in [3.05, 3.63) is 119 Å². The van der Waals surface area contributed by atoms with Gasteiger partial charge in [-0.3, -0.25) is 19.2 Å². The highest BCUT2D eigenvalue weighted by molar-refractivity contribution is 6.12. The zero-order valence-electron chi connectivity index (χ0n) is 30.1. The maximum Gasteiger partial charge on any atom is 0.416 e. The Morgan fingerprint density at radius 1 is 0.764 bits per heavy atom. The van der Waals surface area contributed by atoms with Crippen LogP contribution in [0, 0.1) is 11.6 Å². The van der Waals surface area contributed by atoms with Gasteiger partial charge in [-0.1, -0.05) is 60.7 Å². The molecule has 4 amide bonds. The minimum Gasteiger partial charge on any atom is -0.418 e. The van der Waals surface area contributed by atoms with E-state index in [-0.39, 0.29) is 35.3 Å². The molecule has 0 heterocycles. The second-order valence-electron chi connectivity index (χ2n) is 12.2. The molecule has 4 aromatic rings. The first-order valence-electron chi connectivity index (χ1n) is 16.8. The van der Waals surface area contributed by atoms with E-state index in [0.717, 1.165) is 29.2 Å². The predicted molar refractivity (Wildman–Crippen MR) is 191 cm³/mol. The molecule has 0 aliphatic heterocycles. The van der Waals surface area contributed by atoms with Crippen molar-refractivity contribution >= 4 is 35.3 Å². The average Bonchev–Trinajstić information content (AvgIpc) is 3.15. The highest BCUT2D eigenvalue weighted by atomic mass is 19.4. The molecular weight excluding hydrogens is 731 g/mol. The normalized spacial score (nSPS) is 11.4. The summed E-state index contributed by atoms with van der Waals surface area (Å²) in [7, 11) is 2.50. The summed E-state index contributed by atoms with van der Waals surface area (Å²) in [4.78, 5) is 67.3. The molecule has 4 rings (SSSR count). The van der Waals surface area contributed by atoms with E-state index in [0.29, 0.717) is 6.07 Å². The van der Waals surface area contributed by atoms with Crippen LogP contribution in [0.2, 0.25) is 0 Å². The Morgan fingerprint density at radius 3 is 1.91 bits per heavy atom. The number of esters is 1. The summed E-state index contributed by atoms with van der Waals surface area (Å²) >= 11 is 0. The fourth-order valence-corrected chi connectivity index (χ4v) is 5.54. The van der Waals surface area contributed by atoms with Crippen LogP contribution in [0.4, 0.5) is 27.6 Å². The van der Waals surface area contributed by atoms with Crippen LogP contribution in [0.1, 0.15) is 45.7 Å². The summed E-state index contributed by atoms with van der Waals surface area (Å²) in [5.41, 5.74) is -3.88. The number of hydrogen-bond acceptors (Lipinski definition) is 7. The van der Waals surface area contributed by atoms with Crippen molar-refractivity contribution in [2.45, 2.75) is 25.4 Å². The largest absolute Gasteiger partial charge is 0.418 e. The summed E-state index contributed by atoms with van der Waals surface area (Å²) in [5.74, 6) is -9.32. The summed E-state index contributed by atoms with van der Waals surface area (Å²) in [6.45, 7) is 1.91. The number of ether oxygens (including phenoxy) is 2. The van der Waals surface area contributed by atoms with Gasteiger partial charge in [0, 0.05) is 38.8 Å². The number of alkyl halides is 3. The third-order valence-corrected chi connectivity index (χ3v) is 8.21. The summed E-state index contributed by atoms with van der Waals surface area (Å²) < 4.78 is 81.4. The number of carbonyl (C=O) groups is 5. The zero-order valence-corrected chi connectivity index (χ0v) is 30.1. The molecule has 55 heavy (non-hydrogen) atoms. The molecular formula is C39H37F5N4O7. The van der Waals surface area contributed by atoms with E-state index in [2.05, 4.69) is 16.0 Å². The van der Waals surface area contributed by atoms with Gasteiger partial charge < -0.3 is 30.3 Å². The number of amides is 4.